The van der Waals surface area contributed by atoms with Gasteiger partial charge in [0.1, 0.15) is 0 Å². The van der Waals surface area contributed by atoms with Gasteiger partial charge >= 0.3 is 5.97 Å². The maximum Gasteiger partial charge on any atom is 0.330 e. The summed E-state index contributed by atoms with van der Waals surface area (Å²) in [7, 11) is 0. The van der Waals surface area contributed by atoms with Crippen LogP contribution in [-0.4, -0.2) is 40.9 Å². The van der Waals surface area contributed by atoms with Gasteiger partial charge in [-0.2, -0.15) is 0 Å². The lowest BCUT2D eigenvalue weighted by molar-refractivity contribution is -0.137. The fraction of sp³-hybridized carbons (Fsp3) is 0.267. The molecule has 1 fully saturated rings. The van der Waals surface area contributed by atoms with E-state index in [0.717, 1.165) is 35.2 Å². The normalized spacial score (nSPS) is 17.8. The molecule has 1 atom stereocenters. The number of carbonyl (C=O) groups excluding carboxylic acids is 2. The van der Waals surface area contributed by atoms with Crippen molar-refractivity contribution in [2.75, 3.05) is 19.7 Å². The van der Waals surface area contributed by atoms with Crippen LogP contribution >= 0.6 is 11.8 Å². The number of hydrogen-bond donors (Lipinski definition) is 0. The number of hydrogen-bond acceptors (Lipinski definition) is 5. The second kappa shape index (κ2) is 11.5. The number of likely N-dealkylation sites (tertiary alicyclic amines) is 1. The van der Waals surface area contributed by atoms with Gasteiger partial charge in [-0.25, -0.2) is 4.79 Å². The highest BCUT2D eigenvalue weighted by Crippen LogP contribution is 2.45. The van der Waals surface area contributed by atoms with E-state index in [2.05, 4.69) is 77.7 Å². The number of benzene rings is 3. The Hall–Kier alpha value is -3.15. The van der Waals surface area contributed by atoms with Gasteiger partial charge in [0.2, 0.25) is 0 Å². The molecule has 1 saturated heterocycles. The van der Waals surface area contributed by atoms with Crippen LogP contribution in [0.1, 0.15) is 37.0 Å². The van der Waals surface area contributed by atoms with Crippen molar-refractivity contribution in [3.05, 3.63) is 119 Å². The van der Waals surface area contributed by atoms with E-state index in [0.29, 0.717) is 13.2 Å². The highest BCUT2D eigenvalue weighted by Gasteiger charge is 2.44. The Balaban J connectivity index is 1.89. The zero-order valence-electron chi connectivity index (χ0n) is 20.2. The molecule has 3 aromatic carbocycles. The van der Waals surface area contributed by atoms with Gasteiger partial charge in [0.15, 0.2) is 5.12 Å². The Kier molecular flexibility index (Phi) is 8.21. The molecule has 3 aromatic rings. The van der Waals surface area contributed by atoms with Crippen molar-refractivity contribution in [1.82, 2.24) is 4.90 Å². The van der Waals surface area contributed by atoms with Crippen LogP contribution in [-0.2, 0) is 19.9 Å². The van der Waals surface area contributed by atoms with Crippen molar-refractivity contribution >= 4 is 22.8 Å². The molecule has 0 aliphatic carbocycles. The van der Waals surface area contributed by atoms with Crippen LogP contribution in [0.4, 0.5) is 0 Å². The number of thioether (sulfide) groups is 1. The van der Waals surface area contributed by atoms with E-state index in [1.807, 2.05) is 18.2 Å². The van der Waals surface area contributed by atoms with Crippen LogP contribution in [0.5, 0.6) is 0 Å². The van der Waals surface area contributed by atoms with E-state index in [-0.39, 0.29) is 16.3 Å². The molecule has 1 unspecified atom stereocenters. The standard InChI is InChI=1S/C30H31NO3S/c1-3-34-29(33)21-24-22-31(20-19-28(24)35-23(2)32)30(25-13-7-4-8-14-25,26-15-9-5-10-16-26)27-17-11-6-12-18-27/h4-18,21,28H,3,19-20,22H2,1-2H3/b24-21-. The van der Waals surface area contributed by atoms with E-state index in [9.17, 15) is 9.59 Å². The largest absolute Gasteiger partial charge is 0.463 e. The Morgan fingerprint density at radius 2 is 1.40 bits per heavy atom. The molecule has 1 aliphatic rings. The maximum atomic E-state index is 12.5. The quantitative estimate of drug-likeness (QED) is 0.240. The first kappa shape index (κ1) is 25.0. The first-order chi connectivity index (χ1) is 17.1. The van der Waals surface area contributed by atoms with Gasteiger partial charge in [0, 0.05) is 31.3 Å². The summed E-state index contributed by atoms with van der Waals surface area (Å²) in [5, 5.41) is 0.00632. The first-order valence-electron chi connectivity index (χ1n) is 12.0. The Morgan fingerprint density at radius 1 is 0.914 bits per heavy atom. The molecule has 0 radical (unpaired) electrons. The molecule has 0 aromatic heterocycles. The third kappa shape index (κ3) is 5.42. The lowest BCUT2D eigenvalue weighted by Gasteiger charge is -2.49. The molecular weight excluding hydrogens is 454 g/mol. The Bertz CT molecular complexity index is 1070. The summed E-state index contributed by atoms with van der Waals surface area (Å²) in [5.74, 6) is -0.358. The van der Waals surface area contributed by atoms with Gasteiger partial charge in [0.05, 0.1) is 12.1 Å². The van der Waals surface area contributed by atoms with Gasteiger partial charge in [-0.15, -0.1) is 0 Å². The smallest absolute Gasteiger partial charge is 0.330 e. The number of nitrogens with zero attached hydrogens (tertiary/aromatic N) is 1. The predicted octanol–water partition coefficient (Wildman–Crippen LogP) is 5.82. The van der Waals surface area contributed by atoms with Gasteiger partial charge in [-0.05, 0) is 35.6 Å². The summed E-state index contributed by atoms with van der Waals surface area (Å²) in [6.07, 6.45) is 2.35. The molecule has 4 nitrogen and oxygen atoms in total. The maximum absolute atomic E-state index is 12.5. The van der Waals surface area contributed by atoms with Crippen molar-refractivity contribution in [2.45, 2.75) is 31.1 Å². The second-order valence-corrected chi connectivity index (χ2v) is 9.97. The van der Waals surface area contributed by atoms with Crippen molar-refractivity contribution in [3.8, 4) is 0 Å². The fourth-order valence-electron chi connectivity index (χ4n) is 5.04. The van der Waals surface area contributed by atoms with Crippen molar-refractivity contribution < 1.29 is 14.3 Å². The summed E-state index contributed by atoms with van der Waals surface area (Å²) >= 11 is 1.30. The van der Waals surface area contributed by atoms with Crippen molar-refractivity contribution in [3.63, 3.8) is 0 Å². The summed E-state index contributed by atoms with van der Waals surface area (Å²) < 4.78 is 5.24. The monoisotopic (exact) mass is 485 g/mol. The van der Waals surface area contributed by atoms with Crippen LogP contribution in [0.2, 0.25) is 0 Å². The Labute approximate surface area is 212 Å². The average molecular weight is 486 g/mol. The van der Waals surface area contributed by atoms with Crippen LogP contribution < -0.4 is 0 Å². The third-order valence-corrected chi connectivity index (χ3v) is 7.55. The van der Waals surface area contributed by atoms with Crippen LogP contribution in [0, 0.1) is 0 Å². The SMILES string of the molecule is CCOC(=O)/C=C1/CN(C(c2ccccc2)(c2ccccc2)c2ccccc2)CCC1SC(C)=O. The Morgan fingerprint density at radius 3 is 1.83 bits per heavy atom. The van der Waals surface area contributed by atoms with E-state index >= 15 is 0 Å². The predicted molar refractivity (Wildman–Crippen MR) is 142 cm³/mol. The highest BCUT2D eigenvalue weighted by atomic mass is 32.2. The minimum atomic E-state index is -0.566. The van der Waals surface area contributed by atoms with Crippen LogP contribution in [0.15, 0.2) is 103 Å². The lowest BCUT2D eigenvalue weighted by atomic mass is 9.74. The lowest BCUT2D eigenvalue weighted by Crippen LogP contribution is -2.52. The minimum Gasteiger partial charge on any atom is -0.463 e. The topological polar surface area (TPSA) is 46.6 Å². The third-order valence-electron chi connectivity index (χ3n) is 6.40. The van der Waals surface area contributed by atoms with Crippen LogP contribution in [0.25, 0.3) is 0 Å². The van der Waals surface area contributed by atoms with Crippen LogP contribution in [0.3, 0.4) is 0 Å². The molecule has 35 heavy (non-hydrogen) atoms. The molecule has 0 saturated carbocycles. The van der Waals surface area contributed by atoms with E-state index in [1.165, 1.54) is 11.8 Å². The summed E-state index contributed by atoms with van der Waals surface area (Å²) in [4.78, 5) is 27.0. The number of rotatable bonds is 7. The first-order valence-corrected chi connectivity index (χ1v) is 12.9. The molecule has 5 heteroatoms. The molecule has 0 N–H and O–H groups in total. The molecule has 1 aliphatic heterocycles. The molecule has 180 valence electrons. The summed E-state index contributed by atoms with van der Waals surface area (Å²) in [5.41, 5.74) is 3.83. The summed E-state index contributed by atoms with van der Waals surface area (Å²) in [6, 6.07) is 31.6. The number of ether oxygens (including phenoxy) is 1. The van der Waals surface area contributed by atoms with Crippen molar-refractivity contribution in [1.29, 1.82) is 0 Å². The molecule has 1 heterocycles. The number of piperidine rings is 1. The van der Waals surface area contributed by atoms with Gasteiger partial charge in [-0.1, -0.05) is 103 Å². The zero-order chi connectivity index (χ0) is 24.7. The van der Waals surface area contributed by atoms with Gasteiger partial charge in [-0.3, -0.25) is 9.69 Å². The number of carbonyl (C=O) groups is 2. The minimum absolute atomic E-state index is 0.0480. The van der Waals surface area contributed by atoms with Crippen molar-refractivity contribution in [2.24, 2.45) is 0 Å². The average Bonchev–Trinajstić information content (AvgIpc) is 2.88. The van der Waals surface area contributed by atoms with E-state index in [1.54, 1.807) is 19.9 Å². The number of esters is 1. The summed E-state index contributed by atoms with van der Waals surface area (Å²) in [6.45, 7) is 5.02. The van der Waals surface area contributed by atoms with Gasteiger partial charge < -0.3 is 4.74 Å². The van der Waals surface area contributed by atoms with E-state index < -0.39 is 5.54 Å². The molecule has 0 bridgehead atoms. The molecule has 0 spiro atoms. The molecule has 4 rings (SSSR count). The fourth-order valence-corrected chi connectivity index (χ4v) is 5.96. The molecule has 0 amide bonds. The molecular formula is C30H31NO3S. The second-order valence-electron chi connectivity index (χ2n) is 8.59. The van der Waals surface area contributed by atoms with Gasteiger partial charge in [0.25, 0.3) is 0 Å². The zero-order valence-corrected chi connectivity index (χ0v) is 21.0. The van der Waals surface area contributed by atoms with E-state index in [4.69, 9.17) is 4.74 Å². The highest BCUT2D eigenvalue weighted by molar-refractivity contribution is 8.14.